The Kier molecular flexibility index (Phi) is 20.0. The molecule has 0 bridgehead atoms. The molecule has 0 aromatic carbocycles. The number of hydroxylamine groups is 2. The molecule has 0 heterocycles. The van der Waals surface area contributed by atoms with Crippen molar-refractivity contribution in [2.45, 2.75) is 38.5 Å². The van der Waals surface area contributed by atoms with E-state index in [1.54, 1.807) is 7.11 Å². The second-order valence-corrected chi connectivity index (χ2v) is 4.89. The number of nitrogens with zero attached hydrogens (tertiary/aromatic N) is 1. The van der Waals surface area contributed by atoms with Crippen molar-refractivity contribution in [3.8, 4) is 0 Å². The Hall–Kier alpha value is -2.12. The molecule has 7 nitrogen and oxygen atoms in total. The molecule has 0 atom stereocenters. The summed E-state index contributed by atoms with van der Waals surface area (Å²) in [5.74, 6) is -0.186. The van der Waals surface area contributed by atoms with Gasteiger partial charge in [0, 0.05) is 46.4 Å². The lowest BCUT2D eigenvalue weighted by Crippen LogP contribution is -2.24. The highest BCUT2D eigenvalue weighted by Crippen LogP contribution is 2.13. The van der Waals surface area contributed by atoms with E-state index in [4.69, 9.17) is 4.74 Å². The first kappa shape index (κ1) is 25.1. The molecule has 0 fully saturated rings. The summed E-state index contributed by atoms with van der Waals surface area (Å²) in [5, 5.41) is 1.10. The van der Waals surface area contributed by atoms with E-state index in [0.29, 0.717) is 19.1 Å². The highest BCUT2D eigenvalue weighted by atomic mass is 16.7. The molecule has 0 radical (unpaired) electrons. The van der Waals surface area contributed by atoms with Crippen LogP contribution < -0.4 is 0 Å². The first-order valence-corrected chi connectivity index (χ1v) is 8.02. The smallest absolute Gasteiger partial charge is 0.246 e. The minimum absolute atomic E-state index is 0.186. The molecule has 0 N–H and O–H groups in total. The molecular formula is C18H29NO6. The van der Waals surface area contributed by atoms with Crippen LogP contribution in [0.25, 0.3) is 0 Å². The summed E-state index contributed by atoms with van der Waals surface area (Å²) < 4.78 is 4.94. The fraction of sp³-hybridized carbons (Fsp3) is 0.556. The number of amides is 1. The fourth-order valence-electron chi connectivity index (χ4n) is 1.49. The molecule has 1 rings (SSSR count). The number of hydrogen-bond donors (Lipinski definition) is 0. The second kappa shape index (κ2) is 19.9. The van der Waals surface area contributed by atoms with Crippen LogP contribution in [0.4, 0.5) is 0 Å². The number of hydrogen-bond acceptors (Lipinski definition) is 6. The van der Waals surface area contributed by atoms with E-state index < -0.39 is 0 Å². The van der Waals surface area contributed by atoms with Crippen molar-refractivity contribution in [2.75, 3.05) is 27.9 Å². The predicted molar refractivity (Wildman–Crippen MR) is 94.8 cm³/mol. The Balaban J connectivity index is 0. The molecule has 0 aromatic rings. The Morgan fingerprint density at radius 2 is 1.72 bits per heavy atom. The van der Waals surface area contributed by atoms with Gasteiger partial charge in [0.25, 0.3) is 0 Å². The molecule has 0 saturated heterocycles. The van der Waals surface area contributed by atoms with Crippen molar-refractivity contribution in [3.05, 3.63) is 23.8 Å². The van der Waals surface area contributed by atoms with Crippen LogP contribution in [0.1, 0.15) is 38.5 Å². The summed E-state index contributed by atoms with van der Waals surface area (Å²) in [7, 11) is 4.65. The van der Waals surface area contributed by atoms with Gasteiger partial charge in [-0.3, -0.25) is 9.63 Å². The zero-order valence-corrected chi connectivity index (χ0v) is 15.3. The topological polar surface area (TPSA) is 90.0 Å². The molecule has 0 saturated carbocycles. The summed E-state index contributed by atoms with van der Waals surface area (Å²) in [4.78, 5) is 44.0. The number of carbonyl (C=O) groups excluding carboxylic acids is 4. The molecule has 1 aliphatic rings. The van der Waals surface area contributed by atoms with Gasteiger partial charge in [-0.05, 0) is 12.8 Å². The maximum atomic E-state index is 10.8. The number of unbranched alkanes of at least 4 members (excludes halogenated alkanes) is 1. The molecule has 1 aliphatic carbocycles. The number of allylic oxidation sites excluding steroid dienone is 3. The van der Waals surface area contributed by atoms with Gasteiger partial charge < -0.3 is 19.1 Å². The minimum atomic E-state index is -0.186. The summed E-state index contributed by atoms with van der Waals surface area (Å²) >= 11 is 0. The summed E-state index contributed by atoms with van der Waals surface area (Å²) in [5.41, 5.74) is 1.48. The normalized spacial score (nSPS) is 11.2. The molecule has 7 heteroatoms. The maximum absolute atomic E-state index is 10.8. The number of methoxy groups -OCH3 is 1. The monoisotopic (exact) mass is 355 g/mol. The van der Waals surface area contributed by atoms with Crippen molar-refractivity contribution < 1.29 is 28.8 Å². The van der Waals surface area contributed by atoms with Gasteiger partial charge in [-0.15, -0.1) is 0 Å². The Morgan fingerprint density at radius 1 is 1.12 bits per heavy atom. The highest BCUT2D eigenvalue weighted by Gasteiger charge is 2.05. The van der Waals surface area contributed by atoms with Crippen LogP contribution in [0.3, 0.4) is 0 Å². The SMILES string of the molecule is COCCC1=CC=CC1.CON(C)C(=O)CCC=O.O=CCCC=O. The first-order chi connectivity index (χ1) is 12.1. The lowest BCUT2D eigenvalue weighted by Gasteiger charge is -2.11. The maximum Gasteiger partial charge on any atom is 0.246 e. The standard InChI is InChI=1S/C8H12O.C6H11NO3.C4H6O2/c1-9-7-6-8-4-2-3-5-8;1-7(10-2)6(9)4-3-5-8;5-3-1-2-4-6/h2-4H,5-7H2,1H3;5H,3-4H2,1-2H3;3-4H,1-2H2. The first-order valence-electron chi connectivity index (χ1n) is 8.02. The minimum Gasteiger partial charge on any atom is -0.384 e. The van der Waals surface area contributed by atoms with Crippen molar-refractivity contribution in [1.82, 2.24) is 5.06 Å². The number of ether oxygens (including phenoxy) is 1. The lowest BCUT2D eigenvalue weighted by molar-refractivity contribution is -0.168. The van der Waals surface area contributed by atoms with E-state index in [9.17, 15) is 19.2 Å². The van der Waals surface area contributed by atoms with E-state index >= 15 is 0 Å². The number of carbonyl (C=O) groups is 4. The van der Waals surface area contributed by atoms with E-state index in [2.05, 4.69) is 23.1 Å². The Morgan fingerprint density at radius 3 is 2.12 bits per heavy atom. The van der Waals surface area contributed by atoms with Crippen molar-refractivity contribution >= 4 is 24.8 Å². The molecule has 1 amide bonds. The molecule has 0 aliphatic heterocycles. The highest BCUT2D eigenvalue weighted by molar-refractivity contribution is 5.77. The van der Waals surface area contributed by atoms with Crippen LogP contribution in [-0.4, -0.2) is 57.7 Å². The van der Waals surface area contributed by atoms with Crippen molar-refractivity contribution in [1.29, 1.82) is 0 Å². The van der Waals surface area contributed by atoms with E-state index in [1.807, 2.05) is 0 Å². The Bertz CT molecular complexity index is 423. The van der Waals surface area contributed by atoms with Gasteiger partial charge in [-0.2, -0.15) is 0 Å². The second-order valence-electron chi connectivity index (χ2n) is 4.89. The van der Waals surface area contributed by atoms with Crippen molar-refractivity contribution in [2.24, 2.45) is 0 Å². The van der Waals surface area contributed by atoms with Crippen LogP contribution in [0.5, 0.6) is 0 Å². The predicted octanol–water partition coefficient (Wildman–Crippen LogP) is 2.06. The fourth-order valence-corrected chi connectivity index (χ4v) is 1.49. The third-order valence-electron chi connectivity index (χ3n) is 2.98. The van der Waals surface area contributed by atoms with Gasteiger partial charge in [0.15, 0.2) is 0 Å². The lowest BCUT2D eigenvalue weighted by atomic mass is 10.2. The summed E-state index contributed by atoms with van der Waals surface area (Å²) in [6, 6.07) is 0. The van der Waals surface area contributed by atoms with Gasteiger partial charge in [0.1, 0.15) is 18.9 Å². The zero-order chi connectivity index (χ0) is 19.3. The molecule has 142 valence electrons. The molecular weight excluding hydrogens is 326 g/mol. The zero-order valence-electron chi connectivity index (χ0n) is 15.3. The Labute approximate surface area is 149 Å². The van der Waals surface area contributed by atoms with Crippen LogP contribution in [-0.2, 0) is 28.8 Å². The average molecular weight is 355 g/mol. The largest absolute Gasteiger partial charge is 0.384 e. The van der Waals surface area contributed by atoms with Crippen molar-refractivity contribution in [3.63, 3.8) is 0 Å². The van der Waals surface area contributed by atoms with Crippen LogP contribution in [0.2, 0.25) is 0 Å². The third kappa shape index (κ3) is 18.1. The quantitative estimate of drug-likeness (QED) is 0.338. The summed E-state index contributed by atoms with van der Waals surface area (Å²) in [6.07, 6.45) is 12.0. The van der Waals surface area contributed by atoms with Gasteiger partial charge in [0.2, 0.25) is 5.91 Å². The van der Waals surface area contributed by atoms with E-state index in [-0.39, 0.29) is 18.7 Å². The van der Waals surface area contributed by atoms with Gasteiger partial charge >= 0.3 is 0 Å². The number of rotatable bonds is 10. The van der Waals surface area contributed by atoms with Gasteiger partial charge in [-0.25, -0.2) is 5.06 Å². The van der Waals surface area contributed by atoms with E-state index in [0.717, 1.165) is 37.1 Å². The number of aldehydes is 3. The van der Waals surface area contributed by atoms with E-state index in [1.165, 1.54) is 19.7 Å². The molecule has 0 aromatic heterocycles. The molecule has 25 heavy (non-hydrogen) atoms. The molecule has 0 spiro atoms. The van der Waals surface area contributed by atoms with Gasteiger partial charge in [-0.1, -0.05) is 23.8 Å². The van der Waals surface area contributed by atoms with Crippen LogP contribution in [0.15, 0.2) is 23.8 Å². The van der Waals surface area contributed by atoms with Crippen LogP contribution in [0, 0.1) is 0 Å². The summed E-state index contributed by atoms with van der Waals surface area (Å²) in [6.45, 7) is 0.855. The van der Waals surface area contributed by atoms with Crippen LogP contribution >= 0.6 is 0 Å². The third-order valence-corrected chi connectivity index (χ3v) is 2.98. The molecule has 0 unspecified atom stereocenters. The van der Waals surface area contributed by atoms with Gasteiger partial charge in [0.05, 0.1) is 7.11 Å². The average Bonchev–Trinajstić information content (AvgIpc) is 3.16.